The summed E-state index contributed by atoms with van der Waals surface area (Å²) in [5.74, 6) is -0.478. The third-order valence-corrected chi connectivity index (χ3v) is 5.91. The van der Waals surface area contributed by atoms with Crippen molar-refractivity contribution in [3.8, 4) is 5.75 Å². The minimum absolute atomic E-state index is 0.0264. The highest BCUT2D eigenvalue weighted by Crippen LogP contribution is 2.53. The molecule has 1 N–H and O–H groups in total. The van der Waals surface area contributed by atoms with Crippen LogP contribution in [0.3, 0.4) is 0 Å². The molecule has 0 aromatic heterocycles. The molecule has 5 heteroatoms. The third kappa shape index (κ3) is 3.10. The maximum atomic E-state index is 13.7. The zero-order chi connectivity index (χ0) is 19.3. The standard InChI is InChI=1S/C22H23FO4/c1-12-16(13-5-4-6-15(23)9-13)11-18-20(26-12)17-10-14(21(24)25)7-8-19(17)27-22(18,2)3/h4-10,12,16,18,20H,11H2,1-3H3,(H,24,25)/t12-,16-,18-,20+/m0/s1. The molecule has 4 rings (SSSR count). The van der Waals surface area contributed by atoms with Crippen molar-refractivity contribution in [2.24, 2.45) is 5.92 Å². The Morgan fingerprint density at radius 3 is 2.70 bits per heavy atom. The molecule has 0 amide bonds. The number of benzene rings is 2. The third-order valence-electron chi connectivity index (χ3n) is 5.91. The van der Waals surface area contributed by atoms with Crippen molar-refractivity contribution in [1.29, 1.82) is 0 Å². The lowest BCUT2D eigenvalue weighted by Crippen LogP contribution is -2.50. The molecule has 2 aromatic rings. The second-order valence-electron chi connectivity index (χ2n) is 8.03. The lowest BCUT2D eigenvalue weighted by Gasteiger charge is -2.50. The Labute approximate surface area is 157 Å². The van der Waals surface area contributed by atoms with Gasteiger partial charge in [-0.25, -0.2) is 9.18 Å². The van der Waals surface area contributed by atoms with Crippen LogP contribution in [0, 0.1) is 11.7 Å². The van der Waals surface area contributed by atoms with E-state index in [0.29, 0.717) is 5.75 Å². The van der Waals surface area contributed by atoms with Crippen molar-refractivity contribution < 1.29 is 23.8 Å². The number of rotatable bonds is 2. The number of fused-ring (bicyclic) bond motifs is 3. The summed E-state index contributed by atoms with van der Waals surface area (Å²) in [4.78, 5) is 11.4. The minimum atomic E-state index is -0.972. The quantitative estimate of drug-likeness (QED) is 0.813. The Hall–Kier alpha value is -2.40. The average molecular weight is 370 g/mol. The molecule has 0 radical (unpaired) electrons. The molecule has 4 atom stereocenters. The first-order chi connectivity index (χ1) is 12.8. The first-order valence-electron chi connectivity index (χ1n) is 9.23. The highest BCUT2D eigenvalue weighted by atomic mass is 19.1. The van der Waals surface area contributed by atoms with Gasteiger partial charge in [-0.1, -0.05) is 12.1 Å². The second-order valence-corrected chi connectivity index (χ2v) is 8.03. The van der Waals surface area contributed by atoms with Gasteiger partial charge in [-0.05, 0) is 63.1 Å². The number of hydrogen-bond acceptors (Lipinski definition) is 3. The molecule has 142 valence electrons. The van der Waals surface area contributed by atoms with Gasteiger partial charge in [0, 0.05) is 17.4 Å². The van der Waals surface area contributed by atoms with Gasteiger partial charge in [0.25, 0.3) is 0 Å². The van der Waals surface area contributed by atoms with Crippen molar-refractivity contribution in [1.82, 2.24) is 0 Å². The molecule has 2 aromatic carbocycles. The molecule has 0 spiro atoms. The van der Waals surface area contributed by atoms with Gasteiger partial charge in [-0.3, -0.25) is 0 Å². The van der Waals surface area contributed by atoms with Gasteiger partial charge in [0.1, 0.15) is 17.2 Å². The SMILES string of the molecule is C[C@@H]1O[C@@H]2c3cc(C(=O)O)ccc3OC(C)(C)[C@H]2C[C@@H]1c1cccc(F)c1. The highest BCUT2D eigenvalue weighted by molar-refractivity contribution is 5.88. The second kappa shape index (κ2) is 6.34. The van der Waals surface area contributed by atoms with Gasteiger partial charge in [0.05, 0.1) is 17.8 Å². The van der Waals surface area contributed by atoms with Crippen molar-refractivity contribution in [3.63, 3.8) is 0 Å². The predicted octanol–water partition coefficient (Wildman–Crippen LogP) is 4.94. The molecule has 2 aliphatic heterocycles. The van der Waals surface area contributed by atoms with Crippen molar-refractivity contribution in [3.05, 3.63) is 65.0 Å². The molecular weight excluding hydrogens is 347 g/mol. The van der Waals surface area contributed by atoms with Gasteiger partial charge in [0.2, 0.25) is 0 Å². The van der Waals surface area contributed by atoms with Crippen LogP contribution in [0.5, 0.6) is 5.75 Å². The molecule has 0 saturated carbocycles. The number of carbonyl (C=O) groups is 1. The van der Waals surface area contributed by atoms with Crippen LogP contribution in [0.15, 0.2) is 42.5 Å². The monoisotopic (exact) mass is 370 g/mol. The molecule has 1 fully saturated rings. The van der Waals surface area contributed by atoms with Gasteiger partial charge >= 0.3 is 5.97 Å². The summed E-state index contributed by atoms with van der Waals surface area (Å²) in [6.07, 6.45) is 0.407. The first-order valence-corrected chi connectivity index (χ1v) is 9.23. The van der Waals surface area contributed by atoms with Crippen LogP contribution in [0.1, 0.15) is 60.7 Å². The molecule has 0 aliphatic carbocycles. The molecular formula is C22H23FO4. The van der Waals surface area contributed by atoms with E-state index in [-0.39, 0.29) is 35.4 Å². The largest absolute Gasteiger partial charge is 0.487 e. The van der Waals surface area contributed by atoms with Gasteiger partial charge in [0.15, 0.2) is 0 Å². The van der Waals surface area contributed by atoms with Crippen LogP contribution < -0.4 is 4.74 Å². The summed E-state index contributed by atoms with van der Waals surface area (Å²) in [5.41, 5.74) is 1.44. The average Bonchev–Trinajstić information content (AvgIpc) is 2.60. The topological polar surface area (TPSA) is 55.8 Å². The summed E-state index contributed by atoms with van der Waals surface area (Å²) in [5, 5.41) is 9.34. The number of hydrogen-bond donors (Lipinski definition) is 1. The maximum Gasteiger partial charge on any atom is 0.335 e. The normalized spacial score (nSPS) is 28.6. The Morgan fingerprint density at radius 1 is 1.22 bits per heavy atom. The van der Waals surface area contributed by atoms with Crippen molar-refractivity contribution in [2.45, 2.75) is 50.9 Å². The molecule has 2 heterocycles. The maximum absolute atomic E-state index is 13.7. The summed E-state index contributed by atoms with van der Waals surface area (Å²) < 4.78 is 26.3. The van der Waals surface area contributed by atoms with Gasteiger partial charge in [-0.15, -0.1) is 0 Å². The van der Waals surface area contributed by atoms with E-state index in [0.717, 1.165) is 17.5 Å². The van der Waals surface area contributed by atoms with E-state index in [1.54, 1.807) is 30.3 Å². The number of halogens is 1. The molecule has 2 aliphatic rings. The number of carboxylic acids is 1. The van der Waals surface area contributed by atoms with Crippen LogP contribution in [0.4, 0.5) is 4.39 Å². The van der Waals surface area contributed by atoms with Gasteiger partial charge < -0.3 is 14.6 Å². The lowest BCUT2D eigenvalue weighted by atomic mass is 9.70. The first kappa shape index (κ1) is 18.0. The van der Waals surface area contributed by atoms with E-state index in [1.807, 2.05) is 26.8 Å². The van der Waals surface area contributed by atoms with Crippen LogP contribution in [0.25, 0.3) is 0 Å². The Morgan fingerprint density at radius 2 is 2.00 bits per heavy atom. The van der Waals surface area contributed by atoms with Crippen LogP contribution >= 0.6 is 0 Å². The minimum Gasteiger partial charge on any atom is -0.487 e. The van der Waals surface area contributed by atoms with Gasteiger partial charge in [-0.2, -0.15) is 0 Å². The van der Waals surface area contributed by atoms with E-state index in [4.69, 9.17) is 9.47 Å². The van der Waals surface area contributed by atoms with Crippen LogP contribution in [-0.2, 0) is 4.74 Å². The highest BCUT2D eigenvalue weighted by Gasteiger charge is 2.50. The smallest absolute Gasteiger partial charge is 0.335 e. The Bertz CT molecular complexity index is 892. The Balaban J connectivity index is 1.73. The fourth-order valence-corrected chi connectivity index (χ4v) is 4.45. The fourth-order valence-electron chi connectivity index (χ4n) is 4.45. The zero-order valence-electron chi connectivity index (χ0n) is 15.6. The zero-order valence-corrected chi connectivity index (χ0v) is 15.6. The molecule has 1 saturated heterocycles. The van der Waals surface area contributed by atoms with Crippen molar-refractivity contribution in [2.75, 3.05) is 0 Å². The Kier molecular flexibility index (Phi) is 4.22. The summed E-state index contributed by atoms with van der Waals surface area (Å²) >= 11 is 0. The number of aromatic carboxylic acids is 1. The van der Waals surface area contributed by atoms with Crippen LogP contribution in [-0.4, -0.2) is 22.8 Å². The fraction of sp³-hybridized carbons (Fsp3) is 0.409. The number of ether oxygens (including phenoxy) is 2. The van der Waals surface area contributed by atoms with E-state index in [1.165, 1.54) is 6.07 Å². The van der Waals surface area contributed by atoms with E-state index >= 15 is 0 Å². The predicted molar refractivity (Wildman–Crippen MR) is 98.6 cm³/mol. The lowest BCUT2D eigenvalue weighted by molar-refractivity contribution is -0.153. The summed E-state index contributed by atoms with van der Waals surface area (Å²) in [6.45, 7) is 6.05. The van der Waals surface area contributed by atoms with Crippen molar-refractivity contribution >= 4 is 5.97 Å². The van der Waals surface area contributed by atoms with E-state index in [2.05, 4.69) is 0 Å². The molecule has 4 nitrogen and oxygen atoms in total. The summed E-state index contributed by atoms with van der Waals surface area (Å²) in [7, 11) is 0. The molecule has 27 heavy (non-hydrogen) atoms. The molecule has 0 bridgehead atoms. The van der Waals surface area contributed by atoms with Crippen LogP contribution in [0.2, 0.25) is 0 Å². The van der Waals surface area contributed by atoms with E-state index in [9.17, 15) is 14.3 Å². The number of carboxylic acid groups (broad SMARTS) is 1. The van der Waals surface area contributed by atoms with E-state index < -0.39 is 11.6 Å². The molecule has 0 unspecified atom stereocenters. The summed E-state index contributed by atoms with van der Waals surface area (Å²) in [6, 6.07) is 11.6.